The molecule has 0 aromatic heterocycles. The Hall–Kier alpha value is -1.93. The van der Waals surface area contributed by atoms with Gasteiger partial charge >= 0.3 is 0 Å². The maximum absolute atomic E-state index is 14.2. The lowest BCUT2D eigenvalue weighted by molar-refractivity contribution is -0.132. The molecule has 0 N–H and O–H groups in total. The van der Waals surface area contributed by atoms with E-state index in [0.29, 0.717) is 30.1 Å². The maximum atomic E-state index is 14.2. The van der Waals surface area contributed by atoms with Crippen LogP contribution in [0, 0.1) is 17.1 Å². The number of hydrogen-bond donors (Lipinski definition) is 0. The number of hydrogen-bond acceptors (Lipinski definition) is 3. The molecule has 24 heavy (non-hydrogen) atoms. The largest absolute Gasteiger partial charge is 0.338 e. The summed E-state index contributed by atoms with van der Waals surface area (Å²) in [4.78, 5) is 16.5. The van der Waals surface area contributed by atoms with Crippen molar-refractivity contribution in [1.82, 2.24) is 9.80 Å². The summed E-state index contributed by atoms with van der Waals surface area (Å²) in [5.41, 5.74) is 0.983. The molecule has 128 valence electrons. The number of halogens is 1. The standard InChI is InChI=1S/C19H24FN3O/c1-2-19(24)23-10-4-6-18(23)17-5-3-9-22(17)13-15-8-7-14(12-21)11-16(15)20/h7-8,11,17-18H,2-6,9-10,13H2,1H3. The van der Waals surface area contributed by atoms with Gasteiger partial charge < -0.3 is 4.90 Å². The molecule has 2 unspecified atom stereocenters. The van der Waals surface area contributed by atoms with Crippen molar-refractivity contribution >= 4 is 5.91 Å². The molecule has 2 atom stereocenters. The van der Waals surface area contributed by atoms with Gasteiger partial charge in [0.15, 0.2) is 0 Å². The minimum atomic E-state index is -0.312. The number of amides is 1. The molecular formula is C19H24FN3O. The summed E-state index contributed by atoms with van der Waals surface area (Å²) in [6, 6.07) is 7.25. The van der Waals surface area contributed by atoms with Gasteiger partial charge in [-0.15, -0.1) is 0 Å². The van der Waals surface area contributed by atoms with Crippen molar-refractivity contribution in [2.75, 3.05) is 13.1 Å². The predicted octanol–water partition coefficient (Wildman–Crippen LogP) is 3.06. The van der Waals surface area contributed by atoms with Crippen molar-refractivity contribution in [1.29, 1.82) is 5.26 Å². The third-order valence-corrected chi connectivity index (χ3v) is 5.34. The van der Waals surface area contributed by atoms with Crippen LogP contribution in [-0.2, 0) is 11.3 Å². The van der Waals surface area contributed by atoms with Gasteiger partial charge in [0.2, 0.25) is 5.91 Å². The van der Waals surface area contributed by atoms with E-state index in [1.54, 1.807) is 12.1 Å². The molecule has 0 spiro atoms. The molecule has 2 heterocycles. The fraction of sp³-hybridized carbons (Fsp3) is 0.579. The Kier molecular flexibility index (Phi) is 5.15. The van der Waals surface area contributed by atoms with E-state index in [-0.39, 0.29) is 17.8 Å². The van der Waals surface area contributed by atoms with Crippen LogP contribution in [0.15, 0.2) is 18.2 Å². The SMILES string of the molecule is CCC(=O)N1CCCC1C1CCCN1Cc1ccc(C#N)cc1F. The highest BCUT2D eigenvalue weighted by molar-refractivity contribution is 5.76. The molecule has 1 aromatic rings. The van der Waals surface area contributed by atoms with Crippen LogP contribution in [-0.4, -0.2) is 40.9 Å². The minimum absolute atomic E-state index is 0.230. The Balaban J connectivity index is 1.74. The molecule has 0 bridgehead atoms. The van der Waals surface area contributed by atoms with Crippen LogP contribution in [0.1, 0.15) is 50.2 Å². The van der Waals surface area contributed by atoms with E-state index >= 15 is 0 Å². The van der Waals surface area contributed by atoms with E-state index in [9.17, 15) is 9.18 Å². The number of benzene rings is 1. The van der Waals surface area contributed by atoms with Crippen molar-refractivity contribution in [3.8, 4) is 6.07 Å². The zero-order valence-electron chi connectivity index (χ0n) is 14.2. The van der Waals surface area contributed by atoms with Crippen LogP contribution in [0.25, 0.3) is 0 Å². The summed E-state index contributed by atoms with van der Waals surface area (Å²) in [6.07, 6.45) is 4.81. The van der Waals surface area contributed by atoms with Gasteiger partial charge in [0, 0.05) is 37.2 Å². The molecule has 0 aliphatic carbocycles. The van der Waals surface area contributed by atoms with E-state index in [1.165, 1.54) is 6.07 Å². The molecular weight excluding hydrogens is 305 g/mol. The van der Waals surface area contributed by atoms with Gasteiger partial charge in [-0.3, -0.25) is 9.69 Å². The van der Waals surface area contributed by atoms with Crippen molar-refractivity contribution in [2.45, 2.75) is 57.7 Å². The molecule has 2 saturated heterocycles. The lowest BCUT2D eigenvalue weighted by atomic mass is 10.0. The summed E-state index contributed by atoms with van der Waals surface area (Å²) in [5, 5.41) is 8.86. The fourth-order valence-electron chi connectivity index (χ4n) is 4.15. The van der Waals surface area contributed by atoms with Crippen LogP contribution < -0.4 is 0 Å². The third-order valence-electron chi connectivity index (χ3n) is 5.34. The molecule has 4 nitrogen and oxygen atoms in total. The zero-order valence-corrected chi connectivity index (χ0v) is 14.2. The van der Waals surface area contributed by atoms with Gasteiger partial charge in [-0.25, -0.2) is 4.39 Å². The first-order valence-corrected chi connectivity index (χ1v) is 8.86. The molecule has 2 aliphatic rings. The smallest absolute Gasteiger partial charge is 0.222 e. The third kappa shape index (κ3) is 3.29. The first-order chi connectivity index (χ1) is 11.6. The first kappa shape index (κ1) is 16.9. The van der Waals surface area contributed by atoms with E-state index in [4.69, 9.17) is 5.26 Å². The number of nitrogens with zero attached hydrogens (tertiary/aromatic N) is 3. The summed E-state index contributed by atoms with van der Waals surface area (Å²) in [5.74, 6) is -0.0819. The van der Waals surface area contributed by atoms with E-state index < -0.39 is 0 Å². The molecule has 1 aromatic carbocycles. The normalized spacial score (nSPS) is 24.3. The number of carbonyl (C=O) groups is 1. The Morgan fingerprint density at radius 2 is 2.04 bits per heavy atom. The van der Waals surface area contributed by atoms with Crippen molar-refractivity contribution < 1.29 is 9.18 Å². The van der Waals surface area contributed by atoms with Gasteiger partial charge in [-0.2, -0.15) is 5.26 Å². The summed E-state index contributed by atoms with van der Waals surface area (Å²) < 4.78 is 14.2. The highest BCUT2D eigenvalue weighted by atomic mass is 19.1. The average molecular weight is 329 g/mol. The molecule has 2 fully saturated rings. The molecule has 1 amide bonds. The van der Waals surface area contributed by atoms with Crippen molar-refractivity contribution in [3.63, 3.8) is 0 Å². The second kappa shape index (κ2) is 7.31. The molecule has 0 saturated carbocycles. The second-order valence-electron chi connectivity index (χ2n) is 6.75. The van der Waals surface area contributed by atoms with Gasteiger partial charge in [0.1, 0.15) is 5.82 Å². The number of likely N-dealkylation sites (tertiary alicyclic amines) is 2. The molecule has 5 heteroatoms. The summed E-state index contributed by atoms with van der Waals surface area (Å²) in [6.45, 7) is 4.25. The maximum Gasteiger partial charge on any atom is 0.222 e. The number of carbonyl (C=O) groups excluding carboxylic acids is 1. The summed E-state index contributed by atoms with van der Waals surface area (Å²) in [7, 11) is 0. The number of rotatable bonds is 4. The van der Waals surface area contributed by atoms with Crippen molar-refractivity contribution in [3.05, 3.63) is 35.1 Å². The van der Waals surface area contributed by atoms with Crippen LogP contribution in [0.2, 0.25) is 0 Å². The van der Waals surface area contributed by atoms with Gasteiger partial charge in [0.25, 0.3) is 0 Å². The zero-order chi connectivity index (χ0) is 17.1. The van der Waals surface area contributed by atoms with E-state index in [0.717, 1.165) is 38.8 Å². The Labute approximate surface area is 142 Å². The van der Waals surface area contributed by atoms with Crippen LogP contribution in [0.4, 0.5) is 4.39 Å². The fourth-order valence-corrected chi connectivity index (χ4v) is 4.15. The van der Waals surface area contributed by atoms with Crippen molar-refractivity contribution in [2.24, 2.45) is 0 Å². The predicted molar refractivity (Wildman–Crippen MR) is 89.6 cm³/mol. The molecule has 2 aliphatic heterocycles. The highest BCUT2D eigenvalue weighted by Crippen LogP contribution is 2.31. The van der Waals surface area contributed by atoms with Gasteiger partial charge in [-0.1, -0.05) is 13.0 Å². The van der Waals surface area contributed by atoms with E-state index in [1.807, 2.05) is 17.9 Å². The van der Waals surface area contributed by atoms with E-state index in [2.05, 4.69) is 4.90 Å². The van der Waals surface area contributed by atoms with Gasteiger partial charge in [0.05, 0.1) is 11.6 Å². The Morgan fingerprint density at radius 1 is 1.29 bits per heavy atom. The lowest BCUT2D eigenvalue weighted by Gasteiger charge is -2.35. The molecule has 3 rings (SSSR count). The van der Waals surface area contributed by atoms with Crippen LogP contribution in [0.5, 0.6) is 0 Å². The molecule has 0 radical (unpaired) electrons. The monoisotopic (exact) mass is 329 g/mol. The van der Waals surface area contributed by atoms with Crippen LogP contribution in [0.3, 0.4) is 0 Å². The first-order valence-electron chi connectivity index (χ1n) is 8.86. The topological polar surface area (TPSA) is 47.3 Å². The minimum Gasteiger partial charge on any atom is -0.338 e. The highest BCUT2D eigenvalue weighted by Gasteiger charge is 2.39. The summed E-state index contributed by atoms with van der Waals surface area (Å²) >= 11 is 0. The quantitative estimate of drug-likeness (QED) is 0.853. The Bertz CT molecular complexity index is 655. The van der Waals surface area contributed by atoms with Gasteiger partial charge in [-0.05, 0) is 44.4 Å². The Morgan fingerprint density at radius 3 is 2.75 bits per heavy atom. The number of nitriles is 1. The second-order valence-corrected chi connectivity index (χ2v) is 6.75. The van der Waals surface area contributed by atoms with Crippen LogP contribution >= 0.6 is 0 Å². The lowest BCUT2D eigenvalue weighted by Crippen LogP contribution is -2.47. The average Bonchev–Trinajstić information content (AvgIpc) is 3.24.